The van der Waals surface area contributed by atoms with E-state index in [0.29, 0.717) is 18.0 Å². The lowest BCUT2D eigenvalue weighted by Crippen LogP contribution is -2.54. The number of benzene rings is 1. The molecule has 0 bridgehead atoms. The van der Waals surface area contributed by atoms with Crippen LogP contribution in [0.3, 0.4) is 0 Å². The van der Waals surface area contributed by atoms with Gasteiger partial charge in [0.15, 0.2) is 0 Å². The SMILES string of the molecule is CC(C)OCc1ccc(O[C@@H]2OC[C@@H](O)[C@H](O)[C@H]2O)cc1NC(=O)C(C)C. The number of ether oxygens (including phenoxy) is 3. The van der Waals surface area contributed by atoms with Gasteiger partial charge in [-0.1, -0.05) is 19.9 Å². The van der Waals surface area contributed by atoms with Crippen molar-refractivity contribution in [3.05, 3.63) is 23.8 Å². The topological polar surface area (TPSA) is 117 Å². The van der Waals surface area contributed by atoms with Gasteiger partial charge < -0.3 is 34.8 Å². The van der Waals surface area contributed by atoms with Crippen LogP contribution in [0, 0.1) is 5.92 Å². The minimum absolute atomic E-state index is 0.0354. The molecule has 1 aromatic carbocycles. The Morgan fingerprint density at radius 3 is 2.56 bits per heavy atom. The summed E-state index contributed by atoms with van der Waals surface area (Å²) < 4.78 is 16.5. The molecule has 2 rings (SSSR count). The van der Waals surface area contributed by atoms with Gasteiger partial charge in [0.2, 0.25) is 12.2 Å². The molecule has 4 atom stereocenters. The minimum Gasteiger partial charge on any atom is -0.462 e. The minimum atomic E-state index is -1.40. The zero-order chi connectivity index (χ0) is 20.1. The largest absolute Gasteiger partial charge is 0.462 e. The fraction of sp³-hybridized carbons (Fsp3) is 0.632. The molecule has 0 aliphatic carbocycles. The number of rotatable bonds is 7. The monoisotopic (exact) mass is 383 g/mol. The zero-order valence-electron chi connectivity index (χ0n) is 16.1. The van der Waals surface area contributed by atoms with Crippen molar-refractivity contribution in [1.82, 2.24) is 0 Å². The molecule has 1 aromatic rings. The first kappa shape index (κ1) is 21.6. The van der Waals surface area contributed by atoms with E-state index in [-0.39, 0.29) is 24.5 Å². The van der Waals surface area contributed by atoms with Gasteiger partial charge >= 0.3 is 0 Å². The highest BCUT2D eigenvalue weighted by Gasteiger charge is 2.39. The maximum atomic E-state index is 12.1. The molecule has 8 heteroatoms. The van der Waals surface area contributed by atoms with Crippen LogP contribution in [0.4, 0.5) is 5.69 Å². The summed E-state index contributed by atoms with van der Waals surface area (Å²) in [6, 6.07) is 5.04. The van der Waals surface area contributed by atoms with Crippen LogP contribution in [0.1, 0.15) is 33.3 Å². The molecule has 1 fully saturated rings. The zero-order valence-corrected chi connectivity index (χ0v) is 16.1. The molecule has 1 aliphatic heterocycles. The van der Waals surface area contributed by atoms with Crippen LogP contribution in [0.25, 0.3) is 0 Å². The molecule has 27 heavy (non-hydrogen) atoms. The lowest BCUT2D eigenvalue weighted by atomic mass is 10.1. The Morgan fingerprint density at radius 1 is 1.22 bits per heavy atom. The highest BCUT2D eigenvalue weighted by molar-refractivity contribution is 5.93. The van der Waals surface area contributed by atoms with E-state index in [1.54, 1.807) is 32.0 Å². The molecule has 4 N–H and O–H groups in total. The summed E-state index contributed by atoms with van der Waals surface area (Å²) in [6.45, 7) is 7.59. The first-order chi connectivity index (χ1) is 12.7. The van der Waals surface area contributed by atoms with E-state index >= 15 is 0 Å². The van der Waals surface area contributed by atoms with E-state index in [4.69, 9.17) is 14.2 Å². The number of hydrogen-bond acceptors (Lipinski definition) is 7. The van der Waals surface area contributed by atoms with Crippen LogP contribution in [-0.2, 0) is 20.9 Å². The summed E-state index contributed by atoms with van der Waals surface area (Å²) in [5.41, 5.74) is 1.32. The van der Waals surface area contributed by atoms with Crippen LogP contribution in [0.2, 0.25) is 0 Å². The van der Waals surface area contributed by atoms with Crippen LogP contribution in [-0.4, -0.2) is 58.5 Å². The van der Waals surface area contributed by atoms with Gasteiger partial charge in [0, 0.05) is 23.2 Å². The third-order valence-electron chi connectivity index (χ3n) is 4.14. The molecule has 0 saturated carbocycles. The van der Waals surface area contributed by atoms with E-state index in [2.05, 4.69) is 5.32 Å². The van der Waals surface area contributed by atoms with E-state index in [9.17, 15) is 20.1 Å². The van der Waals surface area contributed by atoms with Crippen molar-refractivity contribution in [2.24, 2.45) is 5.92 Å². The Kier molecular flexibility index (Phi) is 7.58. The van der Waals surface area contributed by atoms with Crippen LogP contribution >= 0.6 is 0 Å². The number of aliphatic hydroxyl groups excluding tert-OH is 3. The lowest BCUT2D eigenvalue weighted by molar-refractivity contribution is -0.242. The maximum absolute atomic E-state index is 12.1. The van der Waals surface area contributed by atoms with Crippen molar-refractivity contribution >= 4 is 11.6 Å². The number of amides is 1. The first-order valence-corrected chi connectivity index (χ1v) is 9.07. The van der Waals surface area contributed by atoms with Gasteiger partial charge in [-0.15, -0.1) is 0 Å². The third-order valence-corrected chi connectivity index (χ3v) is 4.14. The first-order valence-electron chi connectivity index (χ1n) is 9.07. The molecule has 1 amide bonds. The summed E-state index contributed by atoms with van der Waals surface area (Å²) in [5, 5.41) is 32.1. The molecular weight excluding hydrogens is 354 g/mol. The van der Waals surface area contributed by atoms with Gasteiger partial charge in [0.25, 0.3) is 0 Å². The van der Waals surface area contributed by atoms with Crippen LogP contribution in [0.15, 0.2) is 18.2 Å². The molecule has 0 radical (unpaired) electrons. The van der Waals surface area contributed by atoms with E-state index in [1.807, 2.05) is 13.8 Å². The van der Waals surface area contributed by atoms with Gasteiger partial charge in [0.05, 0.1) is 19.3 Å². The van der Waals surface area contributed by atoms with Crippen molar-refractivity contribution in [1.29, 1.82) is 0 Å². The number of anilines is 1. The van der Waals surface area contributed by atoms with Crippen LogP contribution < -0.4 is 10.1 Å². The molecule has 0 spiro atoms. The lowest BCUT2D eigenvalue weighted by Gasteiger charge is -2.35. The Morgan fingerprint density at radius 2 is 1.93 bits per heavy atom. The van der Waals surface area contributed by atoms with E-state index in [0.717, 1.165) is 5.56 Å². The number of nitrogens with one attached hydrogen (secondary N) is 1. The maximum Gasteiger partial charge on any atom is 0.228 e. The molecule has 0 unspecified atom stereocenters. The Hall–Kier alpha value is -1.71. The number of carbonyl (C=O) groups is 1. The predicted molar refractivity (Wildman–Crippen MR) is 98.2 cm³/mol. The highest BCUT2D eigenvalue weighted by atomic mass is 16.7. The van der Waals surface area contributed by atoms with Gasteiger partial charge in [0.1, 0.15) is 24.1 Å². The summed E-state index contributed by atoms with van der Waals surface area (Å²) >= 11 is 0. The average Bonchev–Trinajstić information content (AvgIpc) is 2.61. The van der Waals surface area contributed by atoms with Crippen molar-refractivity contribution in [2.75, 3.05) is 11.9 Å². The Labute approximate surface area is 159 Å². The number of aliphatic hydroxyl groups is 3. The number of carbonyl (C=O) groups excluding carboxylic acids is 1. The van der Waals surface area contributed by atoms with Gasteiger partial charge in [-0.05, 0) is 19.9 Å². The second-order valence-electron chi connectivity index (χ2n) is 7.19. The standard InChI is InChI=1S/C19H29NO7/c1-10(2)18(24)20-14-7-13(6-5-12(14)8-25-11(3)4)27-19-17(23)16(22)15(21)9-26-19/h5-7,10-11,15-17,19,21-23H,8-9H2,1-4H3,(H,20,24)/t15-,16+,17-,19+/m1/s1. The van der Waals surface area contributed by atoms with Crippen LogP contribution in [0.5, 0.6) is 5.75 Å². The Balaban J connectivity index is 2.18. The smallest absolute Gasteiger partial charge is 0.228 e. The van der Waals surface area contributed by atoms with Gasteiger partial charge in [-0.25, -0.2) is 0 Å². The Bertz CT molecular complexity index is 634. The quantitative estimate of drug-likeness (QED) is 0.555. The highest BCUT2D eigenvalue weighted by Crippen LogP contribution is 2.27. The fourth-order valence-corrected chi connectivity index (χ4v) is 2.42. The van der Waals surface area contributed by atoms with Crippen molar-refractivity contribution in [3.8, 4) is 5.75 Å². The summed E-state index contributed by atoms with van der Waals surface area (Å²) in [5.74, 6) is -0.00554. The van der Waals surface area contributed by atoms with E-state index < -0.39 is 24.6 Å². The molecule has 1 aliphatic rings. The third kappa shape index (κ3) is 5.88. The fourth-order valence-electron chi connectivity index (χ4n) is 2.42. The number of hydrogen-bond donors (Lipinski definition) is 4. The molecule has 1 saturated heterocycles. The molecule has 152 valence electrons. The molecule has 8 nitrogen and oxygen atoms in total. The predicted octanol–water partition coefficient (Wildman–Crippen LogP) is 1.02. The molecule has 1 heterocycles. The molecular formula is C19H29NO7. The van der Waals surface area contributed by atoms with Crippen molar-refractivity contribution in [3.63, 3.8) is 0 Å². The summed E-state index contributed by atoms with van der Waals surface area (Å²) in [4.78, 5) is 12.1. The average molecular weight is 383 g/mol. The second-order valence-corrected chi connectivity index (χ2v) is 7.19. The van der Waals surface area contributed by atoms with E-state index in [1.165, 1.54) is 0 Å². The van der Waals surface area contributed by atoms with Crippen molar-refractivity contribution < 1.29 is 34.3 Å². The summed E-state index contributed by atoms with van der Waals surface area (Å²) in [7, 11) is 0. The second kappa shape index (κ2) is 9.48. The van der Waals surface area contributed by atoms with Gasteiger partial charge in [-0.3, -0.25) is 4.79 Å². The summed E-state index contributed by atoms with van der Waals surface area (Å²) in [6.07, 6.45) is -5.02. The normalized spacial score (nSPS) is 25.7. The molecule has 0 aromatic heterocycles. The van der Waals surface area contributed by atoms with Crippen molar-refractivity contribution in [2.45, 2.75) is 65.0 Å². The van der Waals surface area contributed by atoms with Gasteiger partial charge in [-0.2, -0.15) is 0 Å².